The molecule has 0 saturated heterocycles. The number of aryl methyl sites for hydroxylation is 2. The molecule has 0 saturated carbocycles. The third-order valence-electron chi connectivity index (χ3n) is 3.48. The highest BCUT2D eigenvalue weighted by molar-refractivity contribution is 7.25. The third kappa shape index (κ3) is 1.84. The maximum absolute atomic E-state index is 14.4. The number of benzene rings is 2. The lowest BCUT2D eigenvalue weighted by molar-refractivity contribution is 0.621. The maximum Gasteiger partial charge on any atom is 0.144 e. The topological polar surface area (TPSA) is 0 Å². The van der Waals surface area contributed by atoms with Crippen LogP contribution in [0, 0.1) is 18.6 Å². The van der Waals surface area contributed by atoms with Gasteiger partial charge in [0.05, 0.1) is 9.40 Å². The largest absolute Gasteiger partial charge is 0.205 e. The zero-order valence-corrected chi connectivity index (χ0v) is 11.7. The van der Waals surface area contributed by atoms with Crippen molar-refractivity contribution < 1.29 is 8.78 Å². The fourth-order valence-electron chi connectivity index (χ4n) is 2.44. The van der Waals surface area contributed by atoms with Gasteiger partial charge < -0.3 is 0 Å². The van der Waals surface area contributed by atoms with Gasteiger partial charge in [0.25, 0.3) is 0 Å². The van der Waals surface area contributed by atoms with Crippen molar-refractivity contribution in [3.63, 3.8) is 0 Å². The van der Waals surface area contributed by atoms with Crippen molar-refractivity contribution in [1.29, 1.82) is 0 Å². The first kappa shape index (κ1) is 12.5. The van der Waals surface area contributed by atoms with E-state index in [9.17, 15) is 8.78 Å². The molecule has 19 heavy (non-hydrogen) atoms. The number of halogens is 2. The van der Waals surface area contributed by atoms with Crippen molar-refractivity contribution in [2.45, 2.75) is 26.7 Å². The molecule has 0 radical (unpaired) electrons. The molecular weight excluding hydrogens is 262 g/mol. The number of hydrogen-bond acceptors (Lipinski definition) is 1. The Morgan fingerprint density at radius 2 is 1.58 bits per heavy atom. The minimum atomic E-state index is -0.227. The SMILES string of the molecule is CCCc1ccc2c(sc3c(F)c(C)ccc32)c1F. The van der Waals surface area contributed by atoms with Gasteiger partial charge in [0.15, 0.2) is 0 Å². The monoisotopic (exact) mass is 276 g/mol. The Bertz CT molecular complexity index is 771. The second-order valence-corrected chi connectivity index (χ2v) is 5.86. The number of thiophene rings is 1. The molecule has 3 rings (SSSR count). The molecule has 2 aromatic carbocycles. The van der Waals surface area contributed by atoms with E-state index in [1.165, 1.54) is 11.3 Å². The summed E-state index contributed by atoms with van der Waals surface area (Å²) >= 11 is 1.22. The molecular formula is C16H14F2S. The maximum atomic E-state index is 14.4. The average molecular weight is 276 g/mol. The fourth-order valence-corrected chi connectivity index (χ4v) is 3.69. The van der Waals surface area contributed by atoms with Gasteiger partial charge >= 0.3 is 0 Å². The summed E-state index contributed by atoms with van der Waals surface area (Å²) in [4.78, 5) is 0. The van der Waals surface area contributed by atoms with Crippen molar-refractivity contribution in [2.24, 2.45) is 0 Å². The minimum absolute atomic E-state index is 0.183. The Labute approximate surface area is 114 Å². The first-order valence-electron chi connectivity index (χ1n) is 6.42. The van der Waals surface area contributed by atoms with Gasteiger partial charge in [-0.1, -0.05) is 37.6 Å². The lowest BCUT2D eigenvalue weighted by Crippen LogP contribution is -1.88. The van der Waals surface area contributed by atoms with E-state index in [1.54, 1.807) is 13.0 Å². The standard InChI is InChI=1S/C16H14F2S/c1-3-4-10-6-8-12-11-7-5-9(2)13(17)15(11)19-16(12)14(10)18/h5-8H,3-4H2,1-2H3. The summed E-state index contributed by atoms with van der Waals surface area (Å²) in [5, 5.41) is 1.63. The Kier molecular flexibility index (Phi) is 3.02. The molecule has 0 unspecified atom stereocenters. The van der Waals surface area contributed by atoms with E-state index >= 15 is 0 Å². The molecule has 0 aliphatic rings. The van der Waals surface area contributed by atoms with Crippen LogP contribution in [0.25, 0.3) is 20.2 Å². The molecule has 0 amide bonds. The van der Waals surface area contributed by atoms with Gasteiger partial charge in [0.1, 0.15) is 11.6 Å². The van der Waals surface area contributed by atoms with E-state index in [4.69, 9.17) is 0 Å². The van der Waals surface area contributed by atoms with Crippen molar-refractivity contribution in [3.05, 3.63) is 47.0 Å². The van der Waals surface area contributed by atoms with Gasteiger partial charge in [-0.15, -0.1) is 11.3 Å². The Morgan fingerprint density at radius 1 is 0.947 bits per heavy atom. The van der Waals surface area contributed by atoms with Crippen LogP contribution in [0.5, 0.6) is 0 Å². The molecule has 0 nitrogen and oxygen atoms in total. The summed E-state index contributed by atoms with van der Waals surface area (Å²) < 4.78 is 29.7. The zero-order valence-electron chi connectivity index (χ0n) is 10.9. The van der Waals surface area contributed by atoms with E-state index in [0.717, 1.165) is 29.2 Å². The molecule has 1 aromatic heterocycles. The molecule has 0 N–H and O–H groups in total. The second kappa shape index (κ2) is 4.57. The van der Waals surface area contributed by atoms with E-state index in [1.807, 2.05) is 25.1 Å². The number of rotatable bonds is 2. The van der Waals surface area contributed by atoms with Crippen LogP contribution in [0.1, 0.15) is 24.5 Å². The van der Waals surface area contributed by atoms with Crippen LogP contribution in [0.15, 0.2) is 24.3 Å². The van der Waals surface area contributed by atoms with Crippen molar-refractivity contribution in [2.75, 3.05) is 0 Å². The van der Waals surface area contributed by atoms with Gasteiger partial charge in [-0.3, -0.25) is 0 Å². The molecule has 0 aliphatic carbocycles. The van der Waals surface area contributed by atoms with E-state index < -0.39 is 0 Å². The van der Waals surface area contributed by atoms with Gasteiger partial charge in [0, 0.05) is 10.8 Å². The summed E-state index contributed by atoms with van der Waals surface area (Å²) in [7, 11) is 0. The molecule has 0 spiro atoms. The van der Waals surface area contributed by atoms with Crippen molar-refractivity contribution in [1.82, 2.24) is 0 Å². The molecule has 3 heteroatoms. The number of hydrogen-bond donors (Lipinski definition) is 0. The Morgan fingerprint density at radius 3 is 2.26 bits per heavy atom. The first-order chi connectivity index (χ1) is 9.13. The normalized spacial score (nSPS) is 11.6. The summed E-state index contributed by atoms with van der Waals surface area (Å²) in [6.45, 7) is 3.76. The van der Waals surface area contributed by atoms with Crippen LogP contribution < -0.4 is 0 Å². The van der Waals surface area contributed by atoms with Gasteiger partial charge in [-0.25, -0.2) is 8.78 Å². The summed E-state index contributed by atoms with van der Waals surface area (Å²) in [6.07, 6.45) is 1.62. The van der Waals surface area contributed by atoms with Gasteiger partial charge in [0.2, 0.25) is 0 Å². The zero-order chi connectivity index (χ0) is 13.6. The molecule has 0 aliphatic heterocycles. The number of fused-ring (bicyclic) bond motifs is 3. The molecule has 3 aromatic rings. The van der Waals surface area contributed by atoms with E-state index in [-0.39, 0.29) is 11.6 Å². The summed E-state index contributed by atoms with van der Waals surface area (Å²) in [6, 6.07) is 7.37. The highest BCUT2D eigenvalue weighted by Crippen LogP contribution is 2.38. The predicted molar refractivity (Wildman–Crippen MR) is 78.0 cm³/mol. The van der Waals surface area contributed by atoms with Crippen molar-refractivity contribution in [3.8, 4) is 0 Å². The average Bonchev–Trinajstić information content (AvgIpc) is 2.78. The van der Waals surface area contributed by atoms with Crippen LogP contribution in [-0.2, 0) is 6.42 Å². The van der Waals surface area contributed by atoms with Crippen LogP contribution in [0.2, 0.25) is 0 Å². The van der Waals surface area contributed by atoms with E-state index in [0.29, 0.717) is 15.0 Å². The van der Waals surface area contributed by atoms with Gasteiger partial charge in [-0.2, -0.15) is 0 Å². The highest BCUT2D eigenvalue weighted by atomic mass is 32.1. The molecule has 0 fully saturated rings. The molecule has 0 atom stereocenters. The second-order valence-electron chi connectivity index (χ2n) is 4.84. The summed E-state index contributed by atoms with van der Waals surface area (Å²) in [5.41, 5.74) is 1.33. The van der Waals surface area contributed by atoms with Crippen LogP contribution in [0.4, 0.5) is 8.78 Å². The smallest absolute Gasteiger partial charge is 0.144 e. The van der Waals surface area contributed by atoms with Crippen LogP contribution in [0.3, 0.4) is 0 Å². The molecule has 0 bridgehead atoms. The Hall–Kier alpha value is -1.48. The van der Waals surface area contributed by atoms with Crippen molar-refractivity contribution >= 4 is 31.5 Å². The first-order valence-corrected chi connectivity index (χ1v) is 7.23. The lowest BCUT2D eigenvalue weighted by Gasteiger charge is -2.01. The quantitative estimate of drug-likeness (QED) is 0.572. The fraction of sp³-hybridized carbons (Fsp3) is 0.250. The van der Waals surface area contributed by atoms with E-state index in [2.05, 4.69) is 0 Å². The predicted octanol–water partition coefficient (Wildman–Crippen LogP) is 5.59. The van der Waals surface area contributed by atoms with Gasteiger partial charge in [-0.05, 0) is 24.5 Å². The lowest BCUT2D eigenvalue weighted by atomic mass is 10.1. The van der Waals surface area contributed by atoms with Crippen LogP contribution in [-0.4, -0.2) is 0 Å². The molecule has 98 valence electrons. The minimum Gasteiger partial charge on any atom is -0.205 e. The highest BCUT2D eigenvalue weighted by Gasteiger charge is 2.15. The Balaban J connectivity index is 2.39. The third-order valence-corrected chi connectivity index (χ3v) is 4.69. The summed E-state index contributed by atoms with van der Waals surface area (Å²) in [5.74, 6) is -0.409. The molecule has 1 heterocycles. The van der Waals surface area contributed by atoms with Crippen LogP contribution >= 0.6 is 11.3 Å².